The SMILES string of the molecule is CN1C[C@H](N2Cc3cnn(C)c3C2)C[C@H](N)C1c1cc(F)ccc1F. The fourth-order valence-electron chi connectivity index (χ4n) is 4.33. The summed E-state index contributed by atoms with van der Waals surface area (Å²) in [4.78, 5) is 4.46. The van der Waals surface area contributed by atoms with Gasteiger partial charge in [-0.25, -0.2) is 8.78 Å². The summed E-state index contributed by atoms with van der Waals surface area (Å²) in [5, 5.41) is 4.30. The van der Waals surface area contributed by atoms with Crippen LogP contribution in [0.1, 0.15) is 29.3 Å². The van der Waals surface area contributed by atoms with Crippen LogP contribution in [0.4, 0.5) is 8.78 Å². The Bertz CT molecular complexity index is 778. The molecule has 1 fully saturated rings. The molecule has 1 aromatic heterocycles. The highest BCUT2D eigenvalue weighted by Gasteiger charge is 2.39. The van der Waals surface area contributed by atoms with Gasteiger partial charge in [-0.2, -0.15) is 5.10 Å². The number of halogens is 2. The summed E-state index contributed by atoms with van der Waals surface area (Å²) < 4.78 is 29.7. The van der Waals surface area contributed by atoms with Crippen LogP contribution in [-0.2, 0) is 20.1 Å². The Balaban J connectivity index is 1.52. The number of benzene rings is 1. The van der Waals surface area contributed by atoms with Crippen LogP contribution in [0.5, 0.6) is 0 Å². The fourth-order valence-corrected chi connectivity index (χ4v) is 4.33. The van der Waals surface area contributed by atoms with Crippen LogP contribution in [0.25, 0.3) is 0 Å². The van der Waals surface area contributed by atoms with Crippen molar-refractivity contribution in [2.75, 3.05) is 13.6 Å². The van der Waals surface area contributed by atoms with Crippen molar-refractivity contribution in [3.05, 3.63) is 52.9 Å². The number of aryl methyl sites for hydroxylation is 1. The van der Waals surface area contributed by atoms with Crippen LogP contribution >= 0.6 is 0 Å². The average molecular weight is 347 g/mol. The lowest BCUT2D eigenvalue weighted by molar-refractivity contribution is 0.0582. The monoisotopic (exact) mass is 347 g/mol. The summed E-state index contributed by atoms with van der Waals surface area (Å²) in [5.74, 6) is -0.826. The van der Waals surface area contributed by atoms with Crippen molar-refractivity contribution in [2.45, 2.75) is 37.6 Å². The fraction of sp³-hybridized carbons (Fsp3) is 0.500. The zero-order valence-electron chi connectivity index (χ0n) is 14.5. The Morgan fingerprint density at radius 3 is 2.72 bits per heavy atom. The van der Waals surface area contributed by atoms with E-state index in [0.29, 0.717) is 11.6 Å². The van der Waals surface area contributed by atoms with Gasteiger partial charge in [0.2, 0.25) is 0 Å². The molecule has 2 aliphatic rings. The first-order valence-corrected chi connectivity index (χ1v) is 8.58. The molecule has 5 nitrogen and oxygen atoms in total. The van der Waals surface area contributed by atoms with Gasteiger partial charge in [-0.15, -0.1) is 0 Å². The van der Waals surface area contributed by atoms with Gasteiger partial charge in [0.05, 0.1) is 17.9 Å². The Labute approximate surface area is 146 Å². The van der Waals surface area contributed by atoms with Crippen molar-refractivity contribution in [1.82, 2.24) is 19.6 Å². The van der Waals surface area contributed by atoms with Gasteiger partial charge in [0.25, 0.3) is 0 Å². The molecular formula is C18H23F2N5. The zero-order chi connectivity index (χ0) is 17.7. The first-order valence-electron chi connectivity index (χ1n) is 8.58. The number of piperidine rings is 1. The van der Waals surface area contributed by atoms with Gasteiger partial charge in [-0.1, -0.05) is 0 Å². The second-order valence-corrected chi connectivity index (χ2v) is 7.25. The number of rotatable bonds is 2. The van der Waals surface area contributed by atoms with E-state index < -0.39 is 11.6 Å². The van der Waals surface area contributed by atoms with E-state index >= 15 is 0 Å². The highest BCUT2D eigenvalue weighted by molar-refractivity contribution is 5.26. The Morgan fingerprint density at radius 2 is 2.00 bits per heavy atom. The molecule has 2 N–H and O–H groups in total. The second-order valence-electron chi connectivity index (χ2n) is 7.25. The molecule has 1 saturated heterocycles. The predicted octanol–water partition coefficient (Wildman–Crippen LogP) is 1.79. The van der Waals surface area contributed by atoms with Crippen molar-refractivity contribution in [3.8, 4) is 0 Å². The maximum Gasteiger partial charge on any atom is 0.128 e. The zero-order valence-corrected chi connectivity index (χ0v) is 14.5. The number of likely N-dealkylation sites (N-methyl/N-ethyl adjacent to an activating group) is 1. The molecule has 3 heterocycles. The third-order valence-electron chi connectivity index (χ3n) is 5.59. The largest absolute Gasteiger partial charge is 0.326 e. The van der Waals surface area contributed by atoms with Crippen LogP contribution in [0.2, 0.25) is 0 Å². The molecule has 4 rings (SSSR count). The number of hydrogen-bond donors (Lipinski definition) is 1. The quantitative estimate of drug-likeness (QED) is 0.900. The highest BCUT2D eigenvalue weighted by atomic mass is 19.1. The molecule has 0 amide bonds. The van der Waals surface area contributed by atoms with E-state index in [4.69, 9.17) is 5.73 Å². The van der Waals surface area contributed by atoms with Gasteiger partial charge < -0.3 is 5.73 Å². The van der Waals surface area contributed by atoms with E-state index in [1.165, 1.54) is 23.4 Å². The van der Waals surface area contributed by atoms with E-state index in [0.717, 1.165) is 32.1 Å². The molecule has 25 heavy (non-hydrogen) atoms. The number of aromatic nitrogens is 2. The lowest BCUT2D eigenvalue weighted by Gasteiger charge is -2.44. The first kappa shape index (κ1) is 16.6. The summed E-state index contributed by atoms with van der Waals surface area (Å²) >= 11 is 0. The lowest BCUT2D eigenvalue weighted by Crippen LogP contribution is -2.54. The van der Waals surface area contributed by atoms with Gasteiger partial charge in [-0.05, 0) is 31.7 Å². The van der Waals surface area contributed by atoms with Crippen LogP contribution in [0.3, 0.4) is 0 Å². The predicted molar refractivity (Wildman–Crippen MR) is 90.6 cm³/mol. The number of nitrogens with zero attached hydrogens (tertiary/aromatic N) is 4. The van der Waals surface area contributed by atoms with Crippen molar-refractivity contribution in [1.29, 1.82) is 0 Å². The molecule has 3 atom stereocenters. The van der Waals surface area contributed by atoms with Crippen LogP contribution in [-0.4, -0.2) is 45.3 Å². The first-order chi connectivity index (χ1) is 11.9. The Morgan fingerprint density at radius 1 is 1.20 bits per heavy atom. The lowest BCUT2D eigenvalue weighted by atomic mass is 9.88. The standard InChI is InChI=1S/C18H23F2N5/c1-23-9-13(25-8-11-7-22-24(2)17(11)10-25)6-16(21)18(23)14-5-12(19)3-4-15(14)20/h3-5,7,13,16,18H,6,8-10,21H2,1-2H3/t13-,16+,18?/m1/s1. The molecule has 0 saturated carbocycles. The summed E-state index contributed by atoms with van der Waals surface area (Å²) in [6.45, 7) is 2.50. The van der Waals surface area contributed by atoms with Crippen molar-refractivity contribution < 1.29 is 8.78 Å². The third-order valence-corrected chi connectivity index (χ3v) is 5.59. The van der Waals surface area contributed by atoms with E-state index in [1.54, 1.807) is 0 Å². The Kier molecular flexibility index (Phi) is 4.10. The van der Waals surface area contributed by atoms with Crippen LogP contribution in [0.15, 0.2) is 24.4 Å². The van der Waals surface area contributed by atoms with Crippen LogP contribution in [0, 0.1) is 11.6 Å². The number of fused-ring (bicyclic) bond motifs is 1. The van der Waals surface area contributed by atoms with Crippen molar-refractivity contribution in [2.24, 2.45) is 12.8 Å². The summed E-state index contributed by atoms with van der Waals surface area (Å²) in [6.07, 6.45) is 2.68. The summed E-state index contributed by atoms with van der Waals surface area (Å²) in [6, 6.07) is 3.33. The minimum absolute atomic E-state index is 0.248. The molecule has 0 spiro atoms. The average Bonchev–Trinajstić information content (AvgIpc) is 3.12. The summed E-state index contributed by atoms with van der Waals surface area (Å²) in [5.41, 5.74) is 9.27. The second kappa shape index (κ2) is 6.16. The highest BCUT2D eigenvalue weighted by Crippen LogP contribution is 2.35. The molecule has 0 radical (unpaired) electrons. The molecule has 2 aromatic rings. The van der Waals surface area contributed by atoms with Gasteiger partial charge in [0.1, 0.15) is 11.6 Å². The van der Waals surface area contributed by atoms with Gasteiger partial charge in [0.15, 0.2) is 0 Å². The molecule has 0 aliphatic carbocycles. The van der Waals surface area contributed by atoms with Crippen molar-refractivity contribution >= 4 is 0 Å². The molecule has 0 bridgehead atoms. The topological polar surface area (TPSA) is 50.3 Å². The minimum atomic E-state index is -0.429. The van der Waals surface area contributed by atoms with Gasteiger partial charge >= 0.3 is 0 Å². The van der Waals surface area contributed by atoms with Crippen molar-refractivity contribution in [3.63, 3.8) is 0 Å². The maximum absolute atomic E-state index is 14.2. The van der Waals surface area contributed by atoms with Crippen LogP contribution < -0.4 is 5.73 Å². The van der Waals surface area contributed by atoms with E-state index in [9.17, 15) is 8.78 Å². The molecule has 2 aliphatic heterocycles. The maximum atomic E-state index is 14.2. The summed E-state index contributed by atoms with van der Waals surface area (Å²) in [7, 11) is 3.90. The molecule has 134 valence electrons. The third kappa shape index (κ3) is 2.86. The number of hydrogen-bond acceptors (Lipinski definition) is 4. The van der Waals surface area contributed by atoms with E-state index in [1.807, 2.05) is 25.0 Å². The molecule has 7 heteroatoms. The minimum Gasteiger partial charge on any atom is -0.326 e. The smallest absolute Gasteiger partial charge is 0.128 e. The van der Waals surface area contributed by atoms with Gasteiger partial charge in [0, 0.05) is 49.9 Å². The Hall–Kier alpha value is -1.83. The van der Waals surface area contributed by atoms with E-state index in [-0.39, 0.29) is 12.1 Å². The number of nitrogens with two attached hydrogens (primary N) is 1. The molecule has 1 unspecified atom stereocenters. The normalized spacial score (nSPS) is 27.6. The number of likely N-dealkylation sites (tertiary alicyclic amines) is 1. The van der Waals surface area contributed by atoms with Gasteiger partial charge in [-0.3, -0.25) is 14.5 Å². The van der Waals surface area contributed by atoms with E-state index in [2.05, 4.69) is 14.9 Å². The molecular weight excluding hydrogens is 324 g/mol. The molecule has 1 aromatic carbocycles.